The Hall–Kier alpha value is -2.08. The van der Waals surface area contributed by atoms with E-state index in [4.69, 9.17) is 9.47 Å². The zero-order chi connectivity index (χ0) is 20.4. The maximum atomic E-state index is 12.7. The maximum Gasteiger partial charge on any atom is 0.329 e. The van der Waals surface area contributed by atoms with E-state index in [0.29, 0.717) is 30.7 Å². The molecule has 0 aliphatic rings. The van der Waals surface area contributed by atoms with E-state index >= 15 is 0 Å². The normalized spacial score (nSPS) is 13.3. The number of benzene rings is 1. The molecule has 0 bridgehead atoms. The minimum atomic E-state index is -1.12. The number of esters is 1. The SMILES string of the molecule is COC(=O)C(C)(COc1ccccc1)NCC(=O)N(CC(C)C)CC(C)C. The Balaban J connectivity index is 2.76. The molecule has 0 aliphatic carbocycles. The molecule has 0 aromatic heterocycles. The molecule has 6 nitrogen and oxygen atoms in total. The summed E-state index contributed by atoms with van der Waals surface area (Å²) in [4.78, 5) is 26.9. The number of para-hydroxylation sites is 1. The number of carbonyl (C=O) groups is 2. The minimum absolute atomic E-state index is 0.0350. The van der Waals surface area contributed by atoms with Crippen LogP contribution in [0.1, 0.15) is 34.6 Å². The van der Waals surface area contributed by atoms with Crippen molar-refractivity contribution in [2.75, 3.05) is 33.4 Å². The number of nitrogens with zero attached hydrogens (tertiary/aromatic N) is 1. The van der Waals surface area contributed by atoms with Crippen molar-refractivity contribution in [2.45, 2.75) is 40.2 Å². The van der Waals surface area contributed by atoms with E-state index in [2.05, 4.69) is 33.0 Å². The molecule has 1 N–H and O–H groups in total. The Morgan fingerprint density at radius 1 is 1.07 bits per heavy atom. The number of nitrogens with one attached hydrogen (secondary N) is 1. The second-order valence-electron chi connectivity index (χ2n) is 7.87. The van der Waals surface area contributed by atoms with Gasteiger partial charge in [0.2, 0.25) is 5.91 Å². The van der Waals surface area contributed by atoms with Crippen LogP contribution in [0.4, 0.5) is 0 Å². The molecule has 0 aliphatic heterocycles. The van der Waals surface area contributed by atoms with Crippen LogP contribution in [-0.4, -0.2) is 55.7 Å². The van der Waals surface area contributed by atoms with Crippen LogP contribution in [0, 0.1) is 11.8 Å². The first-order valence-electron chi connectivity index (χ1n) is 9.47. The highest BCUT2D eigenvalue weighted by Crippen LogP contribution is 2.14. The van der Waals surface area contributed by atoms with Gasteiger partial charge in [-0.05, 0) is 30.9 Å². The van der Waals surface area contributed by atoms with Gasteiger partial charge in [0.05, 0.1) is 13.7 Å². The van der Waals surface area contributed by atoms with Crippen molar-refractivity contribution in [3.63, 3.8) is 0 Å². The predicted octanol–water partition coefficient (Wildman–Crippen LogP) is 2.73. The lowest BCUT2D eigenvalue weighted by Crippen LogP contribution is -2.57. The molecule has 152 valence electrons. The Bertz CT molecular complexity index is 579. The van der Waals surface area contributed by atoms with Gasteiger partial charge < -0.3 is 14.4 Å². The van der Waals surface area contributed by atoms with Gasteiger partial charge in [-0.15, -0.1) is 0 Å². The summed E-state index contributed by atoms with van der Waals surface area (Å²) in [6, 6.07) is 9.24. The molecule has 0 fully saturated rings. The molecule has 0 saturated carbocycles. The fraction of sp³-hybridized carbons (Fsp3) is 0.619. The van der Waals surface area contributed by atoms with Gasteiger partial charge >= 0.3 is 5.97 Å². The summed E-state index contributed by atoms with van der Waals surface area (Å²) < 4.78 is 10.6. The third kappa shape index (κ3) is 7.99. The van der Waals surface area contributed by atoms with Crippen molar-refractivity contribution in [2.24, 2.45) is 11.8 Å². The lowest BCUT2D eigenvalue weighted by Gasteiger charge is -2.31. The van der Waals surface area contributed by atoms with Crippen LogP contribution >= 0.6 is 0 Å². The average Bonchev–Trinajstić information content (AvgIpc) is 2.63. The summed E-state index contributed by atoms with van der Waals surface area (Å²) in [6.45, 7) is 11.5. The zero-order valence-electron chi connectivity index (χ0n) is 17.5. The highest BCUT2D eigenvalue weighted by Gasteiger charge is 2.36. The fourth-order valence-corrected chi connectivity index (χ4v) is 2.69. The Kier molecular flexibility index (Phi) is 9.29. The lowest BCUT2D eigenvalue weighted by molar-refractivity contribution is -0.149. The smallest absolute Gasteiger partial charge is 0.329 e. The summed E-state index contributed by atoms with van der Waals surface area (Å²) in [5.74, 6) is 0.905. The van der Waals surface area contributed by atoms with Crippen molar-refractivity contribution in [1.82, 2.24) is 10.2 Å². The highest BCUT2D eigenvalue weighted by molar-refractivity contribution is 5.83. The maximum absolute atomic E-state index is 12.7. The third-order valence-electron chi connectivity index (χ3n) is 4.06. The molecule has 0 saturated heterocycles. The van der Waals surface area contributed by atoms with Crippen LogP contribution in [0.25, 0.3) is 0 Å². The quantitative estimate of drug-likeness (QED) is 0.600. The van der Waals surface area contributed by atoms with Crippen LogP contribution < -0.4 is 10.1 Å². The van der Waals surface area contributed by atoms with Crippen LogP contribution in [0.5, 0.6) is 5.75 Å². The summed E-state index contributed by atoms with van der Waals surface area (Å²) in [5, 5.41) is 3.05. The van der Waals surface area contributed by atoms with Crippen LogP contribution in [0.3, 0.4) is 0 Å². The van der Waals surface area contributed by atoms with Crippen molar-refractivity contribution in [3.05, 3.63) is 30.3 Å². The average molecular weight is 379 g/mol. The number of carbonyl (C=O) groups excluding carboxylic acids is 2. The van der Waals surface area contributed by atoms with Gasteiger partial charge in [-0.25, -0.2) is 4.79 Å². The van der Waals surface area contributed by atoms with Crippen LogP contribution in [0.2, 0.25) is 0 Å². The molecular formula is C21H34N2O4. The van der Waals surface area contributed by atoms with Crippen molar-refractivity contribution in [1.29, 1.82) is 0 Å². The molecule has 1 amide bonds. The first kappa shape index (κ1) is 23.0. The first-order valence-corrected chi connectivity index (χ1v) is 9.47. The van der Waals surface area contributed by atoms with Gasteiger partial charge in [0.25, 0.3) is 0 Å². The molecule has 0 radical (unpaired) electrons. The van der Waals surface area contributed by atoms with Crippen molar-refractivity contribution >= 4 is 11.9 Å². The molecule has 6 heteroatoms. The monoisotopic (exact) mass is 378 g/mol. The molecule has 1 rings (SSSR count). The van der Waals surface area contributed by atoms with E-state index in [1.54, 1.807) is 6.92 Å². The number of amides is 1. The lowest BCUT2D eigenvalue weighted by atomic mass is 10.0. The van der Waals surface area contributed by atoms with Crippen LogP contribution in [-0.2, 0) is 14.3 Å². The molecule has 1 atom stereocenters. The summed E-state index contributed by atoms with van der Waals surface area (Å²) >= 11 is 0. The number of rotatable bonds is 11. The number of hydrogen-bond donors (Lipinski definition) is 1. The van der Waals surface area contributed by atoms with Gasteiger partial charge in [0.1, 0.15) is 17.9 Å². The Morgan fingerprint density at radius 2 is 1.63 bits per heavy atom. The van der Waals surface area contributed by atoms with E-state index in [1.165, 1.54) is 7.11 Å². The van der Waals surface area contributed by atoms with E-state index in [0.717, 1.165) is 0 Å². The number of ether oxygens (including phenoxy) is 2. The minimum Gasteiger partial charge on any atom is -0.491 e. The van der Waals surface area contributed by atoms with Gasteiger partial charge in [0, 0.05) is 13.1 Å². The largest absolute Gasteiger partial charge is 0.491 e. The summed E-state index contributed by atoms with van der Waals surface area (Å²) in [6.07, 6.45) is 0. The molecule has 0 heterocycles. The molecule has 0 spiro atoms. The number of methoxy groups -OCH3 is 1. The predicted molar refractivity (Wildman–Crippen MR) is 107 cm³/mol. The summed E-state index contributed by atoms with van der Waals surface area (Å²) in [5.41, 5.74) is -1.12. The number of hydrogen-bond acceptors (Lipinski definition) is 5. The Labute approximate surface area is 163 Å². The summed E-state index contributed by atoms with van der Waals surface area (Å²) in [7, 11) is 1.33. The van der Waals surface area contributed by atoms with Gasteiger partial charge in [-0.2, -0.15) is 0 Å². The first-order chi connectivity index (χ1) is 12.7. The molecule has 1 unspecified atom stereocenters. The molecular weight excluding hydrogens is 344 g/mol. The van der Waals surface area contributed by atoms with Gasteiger partial charge in [-0.1, -0.05) is 45.9 Å². The van der Waals surface area contributed by atoms with E-state index in [1.807, 2.05) is 35.2 Å². The highest BCUT2D eigenvalue weighted by atomic mass is 16.5. The van der Waals surface area contributed by atoms with E-state index in [9.17, 15) is 9.59 Å². The van der Waals surface area contributed by atoms with Crippen molar-refractivity contribution < 1.29 is 19.1 Å². The molecule has 27 heavy (non-hydrogen) atoms. The topological polar surface area (TPSA) is 67.9 Å². The second kappa shape index (κ2) is 10.9. The second-order valence-corrected chi connectivity index (χ2v) is 7.87. The fourth-order valence-electron chi connectivity index (χ4n) is 2.69. The van der Waals surface area contributed by atoms with Crippen molar-refractivity contribution in [3.8, 4) is 5.75 Å². The van der Waals surface area contributed by atoms with Gasteiger partial charge in [0.15, 0.2) is 0 Å². The van der Waals surface area contributed by atoms with E-state index < -0.39 is 11.5 Å². The van der Waals surface area contributed by atoms with E-state index in [-0.39, 0.29) is 19.1 Å². The van der Waals surface area contributed by atoms with Gasteiger partial charge in [-0.3, -0.25) is 10.1 Å². The van der Waals surface area contributed by atoms with Crippen LogP contribution in [0.15, 0.2) is 30.3 Å². The zero-order valence-corrected chi connectivity index (χ0v) is 17.5. The standard InChI is InChI=1S/C21H34N2O4/c1-16(2)13-23(14-17(3)4)19(24)12-22-21(5,20(25)26-6)15-27-18-10-8-7-9-11-18/h7-11,16-17,22H,12-15H2,1-6H3. The Morgan fingerprint density at radius 3 is 2.11 bits per heavy atom. The third-order valence-corrected chi connectivity index (χ3v) is 4.06. The molecule has 1 aromatic rings. The molecule has 1 aromatic carbocycles.